The maximum absolute atomic E-state index is 12.2. The van der Waals surface area contributed by atoms with Crippen LogP contribution in [0.15, 0.2) is 48.5 Å². The summed E-state index contributed by atoms with van der Waals surface area (Å²) in [6.07, 6.45) is 0. The summed E-state index contributed by atoms with van der Waals surface area (Å²) < 4.78 is 16.1. The molecule has 0 radical (unpaired) electrons. The fraction of sp³-hybridized carbons (Fsp3) is 0.381. The van der Waals surface area contributed by atoms with Gasteiger partial charge in [-0.15, -0.1) is 0 Å². The van der Waals surface area contributed by atoms with E-state index < -0.39 is 0 Å². The Morgan fingerprint density at radius 3 is 2.44 bits per heavy atom. The topological polar surface area (TPSA) is 68.8 Å². The Bertz CT molecular complexity index is 702. The molecule has 0 atom stereocenters. The molecule has 0 aliphatic carbocycles. The molecular weight excluding hydrogens is 344 g/mol. The number of hydrogen-bond acceptors (Lipinski definition) is 5. The van der Waals surface area contributed by atoms with Gasteiger partial charge in [0.15, 0.2) is 0 Å². The van der Waals surface area contributed by atoms with Gasteiger partial charge in [0.25, 0.3) is 0 Å². The Hall–Kier alpha value is -2.73. The van der Waals surface area contributed by atoms with Crippen molar-refractivity contribution in [3.8, 4) is 11.5 Å². The standard InChI is InChI=1S/C21H28N2O4/c1-16(2)15-27-20-6-4-5-18(13-20)23-21(24)14-22-17-7-9-19(10-8-17)26-12-11-25-3/h4-10,13,16,22H,11-12,14-15H2,1-3H3,(H,23,24). The van der Waals surface area contributed by atoms with Gasteiger partial charge in [-0.3, -0.25) is 4.79 Å². The summed E-state index contributed by atoms with van der Waals surface area (Å²) >= 11 is 0. The van der Waals surface area contributed by atoms with Gasteiger partial charge < -0.3 is 24.8 Å². The zero-order valence-electron chi connectivity index (χ0n) is 16.2. The molecule has 0 saturated heterocycles. The van der Waals surface area contributed by atoms with Gasteiger partial charge in [-0.05, 0) is 42.3 Å². The molecule has 0 heterocycles. The van der Waals surface area contributed by atoms with E-state index in [1.165, 1.54) is 0 Å². The predicted molar refractivity (Wildman–Crippen MR) is 108 cm³/mol. The van der Waals surface area contributed by atoms with Crippen molar-refractivity contribution < 1.29 is 19.0 Å². The first kappa shape index (κ1) is 20.6. The van der Waals surface area contributed by atoms with Crippen LogP contribution in [0.1, 0.15) is 13.8 Å². The summed E-state index contributed by atoms with van der Waals surface area (Å²) in [6, 6.07) is 14.9. The Morgan fingerprint density at radius 2 is 1.74 bits per heavy atom. The van der Waals surface area contributed by atoms with E-state index in [1.807, 2.05) is 48.5 Å². The van der Waals surface area contributed by atoms with Crippen LogP contribution in [0.2, 0.25) is 0 Å². The Balaban J connectivity index is 1.78. The Labute approximate surface area is 160 Å². The van der Waals surface area contributed by atoms with E-state index >= 15 is 0 Å². The summed E-state index contributed by atoms with van der Waals surface area (Å²) in [5.74, 6) is 1.83. The average molecular weight is 372 g/mol. The van der Waals surface area contributed by atoms with Crippen LogP contribution in [-0.4, -0.2) is 39.4 Å². The third-order valence-corrected chi connectivity index (χ3v) is 3.56. The molecule has 2 rings (SSSR count). The summed E-state index contributed by atoms with van der Waals surface area (Å²) in [7, 11) is 1.64. The minimum absolute atomic E-state index is 0.128. The second-order valence-electron chi connectivity index (χ2n) is 6.50. The number of carbonyl (C=O) groups is 1. The van der Waals surface area contributed by atoms with Crippen molar-refractivity contribution in [2.24, 2.45) is 5.92 Å². The maximum Gasteiger partial charge on any atom is 0.243 e. The number of ether oxygens (including phenoxy) is 3. The van der Waals surface area contributed by atoms with Gasteiger partial charge in [-0.2, -0.15) is 0 Å². The molecule has 0 aliphatic rings. The quantitative estimate of drug-likeness (QED) is 0.587. The largest absolute Gasteiger partial charge is 0.493 e. The van der Waals surface area contributed by atoms with Gasteiger partial charge in [0, 0.05) is 24.6 Å². The molecule has 6 heteroatoms. The van der Waals surface area contributed by atoms with Gasteiger partial charge in [0.1, 0.15) is 18.1 Å². The zero-order valence-corrected chi connectivity index (χ0v) is 16.2. The van der Waals surface area contributed by atoms with E-state index in [2.05, 4.69) is 24.5 Å². The first-order chi connectivity index (χ1) is 13.1. The predicted octanol–water partition coefficient (Wildman–Crippen LogP) is 3.80. The molecule has 0 fully saturated rings. The van der Waals surface area contributed by atoms with E-state index in [-0.39, 0.29) is 12.5 Å². The number of carbonyl (C=O) groups excluding carboxylic acids is 1. The molecule has 0 bridgehead atoms. The lowest BCUT2D eigenvalue weighted by atomic mass is 10.2. The summed E-state index contributed by atoms with van der Waals surface area (Å²) in [5, 5.41) is 5.96. The first-order valence-corrected chi connectivity index (χ1v) is 9.05. The highest BCUT2D eigenvalue weighted by Crippen LogP contribution is 2.18. The van der Waals surface area contributed by atoms with Crippen molar-refractivity contribution >= 4 is 17.3 Å². The first-order valence-electron chi connectivity index (χ1n) is 9.05. The lowest BCUT2D eigenvalue weighted by molar-refractivity contribution is -0.114. The van der Waals surface area contributed by atoms with Crippen molar-refractivity contribution in [1.29, 1.82) is 0 Å². The number of anilines is 2. The van der Waals surface area contributed by atoms with Crippen LogP contribution in [0.5, 0.6) is 11.5 Å². The van der Waals surface area contributed by atoms with Crippen LogP contribution in [0.4, 0.5) is 11.4 Å². The molecule has 0 saturated carbocycles. The molecule has 146 valence electrons. The number of amides is 1. The van der Waals surface area contributed by atoms with Crippen LogP contribution >= 0.6 is 0 Å². The molecule has 6 nitrogen and oxygen atoms in total. The molecule has 0 aliphatic heterocycles. The van der Waals surface area contributed by atoms with Crippen molar-refractivity contribution in [2.75, 3.05) is 44.1 Å². The number of benzene rings is 2. The monoisotopic (exact) mass is 372 g/mol. The van der Waals surface area contributed by atoms with Crippen molar-refractivity contribution in [1.82, 2.24) is 0 Å². The number of nitrogens with one attached hydrogen (secondary N) is 2. The Morgan fingerprint density at radius 1 is 0.963 bits per heavy atom. The lowest BCUT2D eigenvalue weighted by Crippen LogP contribution is -2.21. The third-order valence-electron chi connectivity index (χ3n) is 3.56. The summed E-state index contributed by atoms with van der Waals surface area (Å²) in [5.41, 5.74) is 1.56. The highest BCUT2D eigenvalue weighted by atomic mass is 16.5. The van der Waals surface area contributed by atoms with E-state index in [0.29, 0.717) is 31.4 Å². The minimum atomic E-state index is -0.128. The smallest absolute Gasteiger partial charge is 0.243 e. The molecular formula is C21H28N2O4. The lowest BCUT2D eigenvalue weighted by Gasteiger charge is -2.11. The second kappa shape index (κ2) is 11.1. The molecule has 1 amide bonds. The number of rotatable bonds is 11. The van der Waals surface area contributed by atoms with Crippen LogP contribution < -0.4 is 20.1 Å². The van der Waals surface area contributed by atoms with Gasteiger partial charge in [0.2, 0.25) is 5.91 Å². The zero-order chi connectivity index (χ0) is 19.5. The SMILES string of the molecule is COCCOc1ccc(NCC(=O)Nc2cccc(OCC(C)C)c2)cc1. The van der Waals surface area contributed by atoms with Gasteiger partial charge in [-0.25, -0.2) is 0 Å². The molecule has 27 heavy (non-hydrogen) atoms. The van der Waals surface area contributed by atoms with Crippen LogP contribution in [0.25, 0.3) is 0 Å². The fourth-order valence-corrected chi connectivity index (χ4v) is 2.23. The van der Waals surface area contributed by atoms with E-state index in [1.54, 1.807) is 7.11 Å². The van der Waals surface area contributed by atoms with Crippen molar-refractivity contribution in [3.63, 3.8) is 0 Å². The van der Waals surface area contributed by atoms with E-state index in [4.69, 9.17) is 14.2 Å². The third kappa shape index (κ3) is 8.00. The second-order valence-corrected chi connectivity index (χ2v) is 6.50. The van der Waals surface area contributed by atoms with Crippen LogP contribution in [0.3, 0.4) is 0 Å². The molecule has 0 unspecified atom stereocenters. The van der Waals surface area contributed by atoms with Crippen molar-refractivity contribution in [2.45, 2.75) is 13.8 Å². The molecule has 2 aromatic rings. The van der Waals surface area contributed by atoms with Gasteiger partial charge in [-0.1, -0.05) is 19.9 Å². The van der Waals surface area contributed by atoms with Crippen LogP contribution in [-0.2, 0) is 9.53 Å². The number of hydrogen-bond donors (Lipinski definition) is 2. The van der Waals surface area contributed by atoms with E-state index in [9.17, 15) is 4.79 Å². The normalized spacial score (nSPS) is 10.5. The minimum Gasteiger partial charge on any atom is -0.493 e. The van der Waals surface area contributed by atoms with Gasteiger partial charge >= 0.3 is 0 Å². The fourth-order valence-electron chi connectivity index (χ4n) is 2.23. The summed E-state index contributed by atoms with van der Waals surface area (Å²) in [4.78, 5) is 12.2. The molecule has 0 aromatic heterocycles. The average Bonchev–Trinajstić information content (AvgIpc) is 2.66. The van der Waals surface area contributed by atoms with Crippen molar-refractivity contribution in [3.05, 3.63) is 48.5 Å². The molecule has 2 N–H and O–H groups in total. The molecule has 0 spiro atoms. The highest BCUT2D eigenvalue weighted by Gasteiger charge is 2.05. The maximum atomic E-state index is 12.2. The molecule has 2 aromatic carbocycles. The highest BCUT2D eigenvalue weighted by molar-refractivity contribution is 5.93. The Kier molecular flexibility index (Phi) is 8.45. The van der Waals surface area contributed by atoms with Gasteiger partial charge in [0.05, 0.1) is 19.8 Å². The van der Waals surface area contributed by atoms with E-state index in [0.717, 1.165) is 17.2 Å². The summed E-state index contributed by atoms with van der Waals surface area (Å²) in [6.45, 7) is 6.05. The van der Waals surface area contributed by atoms with Crippen LogP contribution in [0, 0.1) is 5.92 Å². The number of methoxy groups -OCH3 is 1.